The number of aryl methyl sites for hydroxylation is 2. The number of benzene rings is 2. The average molecular weight is 473 g/mol. The number of ether oxygens (including phenoxy) is 2. The Labute approximate surface area is 203 Å². The van der Waals surface area contributed by atoms with Crippen LogP contribution in [-0.4, -0.2) is 28.3 Å². The van der Waals surface area contributed by atoms with Crippen molar-refractivity contribution in [2.45, 2.75) is 52.7 Å². The van der Waals surface area contributed by atoms with Crippen LogP contribution in [0.3, 0.4) is 0 Å². The molecule has 0 aliphatic carbocycles. The molecule has 7 nitrogen and oxygen atoms in total. The fourth-order valence-corrected chi connectivity index (χ4v) is 4.95. The number of carboxylic acid groups (broad SMARTS) is 1. The molecule has 7 heteroatoms. The van der Waals surface area contributed by atoms with Gasteiger partial charge in [-0.3, -0.25) is 4.98 Å². The lowest BCUT2D eigenvalue weighted by Gasteiger charge is -2.28. The van der Waals surface area contributed by atoms with E-state index in [1.807, 2.05) is 52.0 Å². The standard InChI is InChI=1S/C28H28N2O5/c1-15-14-20-18(7-6-16(2)30(20)33)24(22(15)26(27(31)32)35-28(3,4)5)19-8-9-21-23-17(11-13-34-21)10-12-29-25(19)23/h6-10,12,14,26H,11,13H2,1-5H3,(H,31,32)/t26-/m1/s1. The van der Waals surface area contributed by atoms with Crippen LogP contribution in [0.4, 0.5) is 0 Å². The predicted octanol–water partition coefficient (Wildman–Crippen LogP) is 5.18. The van der Waals surface area contributed by atoms with Crippen LogP contribution in [0, 0.1) is 19.1 Å². The molecule has 0 radical (unpaired) electrons. The largest absolute Gasteiger partial charge is 0.618 e. The van der Waals surface area contributed by atoms with E-state index in [1.54, 1.807) is 25.3 Å². The van der Waals surface area contributed by atoms with Crippen LogP contribution in [-0.2, 0) is 16.0 Å². The van der Waals surface area contributed by atoms with E-state index in [9.17, 15) is 15.1 Å². The van der Waals surface area contributed by atoms with Gasteiger partial charge in [0.1, 0.15) is 5.75 Å². The number of hydrogen-bond acceptors (Lipinski definition) is 5. The van der Waals surface area contributed by atoms with Crippen molar-refractivity contribution < 1.29 is 24.1 Å². The molecule has 180 valence electrons. The molecule has 0 fully saturated rings. The normalized spacial score (nSPS) is 14.2. The van der Waals surface area contributed by atoms with Crippen molar-refractivity contribution in [1.29, 1.82) is 0 Å². The first kappa shape index (κ1) is 23.1. The Kier molecular flexibility index (Phi) is 5.40. The lowest BCUT2D eigenvalue weighted by Crippen LogP contribution is -2.32. The van der Waals surface area contributed by atoms with Gasteiger partial charge in [-0.2, -0.15) is 4.73 Å². The van der Waals surface area contributed by atoms with Gasteiger partial charge < -0.3 is 19.8 Å². The van der Waals surface area contributed by atoms with Crippen LogP contribution in [0.15, 0.2) is 42.6 Å². The average Bonchev–Trinajstić information content (AvgIpc) is 2.80. The summed E-state index contributed by atoms with van der Waals surface area (Å²) in [6, 6.07) is 11.2. The molecule has 0 unspecified atom stereocenters. The molecular formula is C28H28N2O5. The Morgan fingerprint density at radius 1 is 1.20 bits per heavy atom. The molecule has 1 aliphatic rings. The fraction of sp³-hybridized carbons (Fsp3) is 0.321. The van der Waals surface area contributed by atoms with E-state index in [-0.39, 0.29) is 0 Å². The van der Waals surface area contributed by atoms with Crippen LogP contribution >= 0.6 is 0 Å². The maximum Gasteiger partial charge on any atom is 0.337 e. The monoisotopic (exact) mass is 472 g/mol. The van der Waals surface area contributed by atoms with Crippen molar-refractivity contribution >= 4 is 27.8 Å². The molecule has 2 aromatic heterocycles. The summed E-state index contributed by atoms with van der Waals surface area (Å²) < 4.78 is 12.9. The van der Waals surface area contributed by atoms with Crippen LogP contribution in [0.1, 0.15) is 49.3 Å². The minimum Gasteiger partial charge on any atom is -0.618 e. The molecule has 5 rings (SSSR count). The van der Waals surface area contributed by atoms with Gasteiger partial charge in [0.25, 0.3) is 0 Å². The molecule has 0 bridgehead atoms. The lowest BCUT2D eigenvalue weighted by atomic mass is 9.86. The number of aliphatic carboxylic acids is 1. The Hall–Kier alpha value is -3.71. The van der Waals surface area contributed by atoms with Crippen molar-refractivity contribution in [2.75, 3.05) is 6.61 Å². The van der Waals surface area contributed by atoms with Crippen molar-refractivity contribution in [3.05, 3.63) is 70.2 Å². The number of carbonyl (C=O) groups is 1. The Morgan fingerprint density at radius 2 is 1.97 bits per heavy atom. The number of aromatic nitrogens is 2. The third-order valence-electron chi connectivity index (χ3n) is 6.42. The van der Waals surface area contributed by atoms with Crippen LogP contribution in [0.2, 0.25) is 0 Å². The second kappa shape index (κ2) is 8.20. The molecule has 0 amide bonds. The summed E-state index contributed by atoms with van der Waals surface area (Å²) in [6.45, 7) is 9.66. The summed E-state index contributed by atoms with van der Waals surface area (Å²) >= 11 is 0. The Balaban J connectivity index is 1.94. The topological polar surface area (TPSA) is 95.6 Å². The van der Waals surface area contributed by atoms with E-state index in [1.165, 1.54) is 0 Å². The molecule has 3 heterocycles. The van der Waals surface area contributed by atoms with Gasteiger partial charge in [0.05, 0.1) is 23.1 Å². The van der Waals surface area contributed by atoms with E-state index in [0.29, 0.717) is 45.4 Å². The van der Waals surface area contributed by atoms with E-state index in [0.717, 1.165) is 33.4 Å². The van der Waals surface area contributed by atoms with Gasteiger partial charge in [-0.1, -0.05) is 0 Å². The summed E-state index contributed by atoms with van der Waals surface area (Å²) in [5, 5.41) is 24.9. The molecule has 1 N–H and O–H groups in total. The van der Waals surface area contributed by atoms with Crippen molar-refractivity contribution in [2.24, 2.45) is 0 Å². The molecule has 0 spiro atoms. The van der Waals surface area contributed by atoms with E-state index in [4.69, 9.17) is 14.5 Å². The number of pyridine rings is 2. The molecule has 1 aliphatic heterocycles. The molecular weight excluding hydrogens is 444 g/mol. The van der Waals surface area contributed by atoms with Crippen LogP contribution in [0.5, 0.6) is 5.75 Å². The predicted molar refractivity (Wildman–Crippen MR) is 134 cm³/mol. The number of nitrogens with zero attached hydrogens (tertiary/aromatic N) is 2. The quantitative estimate of drug-likeness (QED) is 0.325. The van der Waals surface area contributed by atoms with Gasteiger partial charge in [-0.25, -0.2) is 4.79 Å². The van der Waals surface area contributed by atoms with Crippen LogP contribution in [0.25, 0.3) is 32.9 Å². The van der Waals surface area contributed by atoms with Gasteiger partial charge in [-0.05, 0) is 63.1 Å². The van der Waals surface area contributed by atoms with Crippen LogP contribution < -0.4 is 9.47 Å². The van der Waals surface area contributed by atoms with Crippen molar-refractivity contribution in [3.63, 3.8) is 0 Å². The van der Waals surface area contributed by atoms with Gasteiger partial charge in [0, 0.05) is 53.8 Å². The number of rotatable bonds is 4. The zero-order valence-electron chi connectivity index (χ0n) is 20.5. The molecule has 0 saturated carbocycles. The zero-order valence-corrected chi connectivity index (χ0v) is 20.5. The summed E-state index contributed by atoms with van der Waals surface area (Å²) in [4.78, 5) is 17.3. The maximum absolute atomic E-state index is 13.1. The molecule has 2 aromatic carbocycles. The first-order valence-electron chi connectivity index (χ1n) is 11.7. The maximum atomic E-state index is 13.1. The Morgan fingerprint density at radius 3 is 2.69 bits per heavy atom. The Bertz CT molecular complexity index is 1490. The third-order valence-corrected chi connectivity index (χ3v) is 6.42. The highest BCUT2D eigenvalue weighted by molar-refractivity contribution is 6.07. The second-order valence-electron chi connectivity index (χ2n) is 10.0. The first-order chi connectivity index (χ1) is 16.6. The number of fused-ring (bicyclic) bond motifs is 1. The van der Waals surface area contributed by atoms with E-state index in [2.05, 4.69) is 0 Å². The first-order valence-corrected chi connectivity index (χ1v) is 11.7. The zero-order chi connectivity index (χ0) is 25.1. The molecule has 1 atom stereocenters. The van der Waals surface area contributed by atoms with Gasteiger partial charge >= 0.3 is 5.97 Å². The van der Waals surface area contributed by atoms with Crippen molar-refractivity contribution in [1.82, 2.24) is 4.98 Å². The van der Waals surface area contributed by atoms with Gasteiger partial charge in [0.15, 0.2) is 11.8 Å². The summed E-state index contributed by atoms with van der Waals surface area (Å²) in [7, 11) is 0. The fourth-order valence-electron chi connectivity index (χ4n) is 4.95. The van der Waals surface area contributed by atoms with Crippen molar-refractivity contribution in [3.8, 4) is 16.9 Å². The van der Waals surface area contributed by atoms with Gasteiger partial charge in [-0.15, -0.1) is 0 Å². The lowest BCUT2D eigenvalue weighted by molar-refractivity contribution is -0.584. The number of carboxylic acids is 1. The third kappa shape index (κ3) is 3.86. The highest BCUT2D eigenvalue weighted by Gasteiger charge is 2.33. The highest BCUT2D eigenvalue weighted by Crippen LogP contribution is 2.44. The second-order valence-corrected chi connectivity index (χ2v) is 10.0. The smallest absolute Gasteiger partial charge is 0.337 e. The van der Waals surface area contributed by atoms with E-state index >= 15 is 0 Å². The minimum atomic E-state index is -1.24. The highest BCUT2D eigenvalue weighted by atomic mass is 16.5. The minimum absolute atomic E-state index is 0.470. The summed E-state index contributed by atoms with van der Waals surface area (Å²) in [5.41, 5.74) is 4.73. The summed E-state index contributed by atoms with van der Waals surface area (Å²) in [5.74, 6) is -0.336. The molecule has 0 saturated heterocycles. The molecule has 35 heavy (non-hydrogen) atoms. The molecule has 4 aromatic rings. The SMILES string of the molecule is Cc1cc2c(ccc(C)[n+]2[O-])c(-c2ccc3c4c(ccnc24)CCO3)c1[C@@H](OC(C)(C)C)C(=O)O. The summed E-state index contributed by atoms with van der Waals surface area (Å²) in [6.07, 6.45) is 1.30. The van der Waals surface area contributed by atoms with E-state index < -0.39 is 17.7 Å². The van der Waals surface area contributed by atoms with Gasteiger partial charge in [0.2, 0.25) is 5.52 Å². The number of hydrogen-bond donors (Lipinski definition) is 1.